The lowest BCUT2D eigenvalue weighted by Gasteiger charge is -2.24. The summed E-state index contributed by atoms with van der Waals surface area (Å²) in [7, 11) is 0. The standard InChI is InChI=1S/C17H19NO3/c18-6-5-12-2-4-15(20-8-7-19)17(10-12)21-16-11-13-1-3-14(16)9-13/h2,4,7,10,13-14,16H,1,3,5,8-9,11H2. The van der Waals surface area contributed by atoms with E-state index in [0.29, 0.717) is 23.8 Å². The lowest BCUT2D eigenvalue weighted by Crippen LogP contribution is -2.23. The van der Waals surface area contributed by atoms with Gasteiger partial charge in [-0.05, 0) is 55.2 Å². The Morgan fingerprint density at radius 1 is 1.29 bits per heavy atom. The van der Waals surface area contributed by atoms with E-state index in [4.69, 9.17) is 14.7 Å². The van der Waals surface area contributed by atoms with Gasteiger partial charge in [-0.3, -0.25) is 4.79 Å². The van der Waals surface area contributed by atoms with Gasteiger partial charge in [0.05, 0.1) is 12.5 Å². The molecule has 1 aromatic rings. The van der Waals surface area contributed by atoms with Crippen LogP contribution in [0, 0.1) is 23.2 Å². The van der Waals surface area contributed by atoms with Gasteiger partial charge in [-0.25, -0.2) is 0 Å². The van der Waals surface area contributed by atoms with Gasteiger partial charge in [-0.1, -0.05) is 6.07 Å². The van der Waals surface area contributed by atoms with Crippen LogP contribution in [-0.2, 0) is 11.2 Å². The molecule has 0 amide bonds. The van der Waals surface area contributed by atoms with Gasteiger partial charge >= 0.3 is 0 Å². The Morgan fingerprint density at radius 3 is 2.86 bits per heavy atom. The summed E-state index contributed by atoms with van der Waals surface area (Å²) in [6, 6.07) is 7.65. The molecule has 1 aromatic carbocycles. The highest BCUT2D eigenvalue weighted by atomic mass is 16.5. The van der Waals surface area contributed by atoms with Crippen LogP contribution in [0.3, 0.4) is 0 Å². The highest BCUT2D eigenvalue weighted by molar-refractivity contribution is 5.52. The predicted octanol–water partition coefficient (Wildman–Crippen LogP) is 2.90. The van der Waals surface area contributed by atoms with Crippen molar-refractivity contribution in [1.29, 1.82) is 5.26 Å². The number of rotatable bonds is 6. The van der Waals surface area contributed by atoms with Crippen molar-refractivity contribution in [3.05, 3.63) is 23.8 Å². The van der Waals surface area contributed by atoms with Crippen molar-refractivity contribution >= 4 is 6.29 Å². The molecule has 0 aliphatic heterocycles. The van der Waals surface area contributed by atoms with Crippen molar-refractivity contribution in [2.24, 2.45) is 11.8 Å². The Morgan fingerprint density at radius 2 is 2.19 bits per heavy atom. The molecule has 3 atom stereocenters. The van der Waals surface area contributed by atoms with Gasteiger partial charge in [0.1, 0.15) is 12.7 Å². The monoisotopic (exact) mass is 285 g/mol. The Hall–Kier alpha value is -2.02. The molecule has 2 saturated carbocycles. The number of nitriles is 1. The number of benzene rings is 1. The molecule has 3 rings (SSSR count). The van der Waals surface area contributed by atoms with Crippen LogP contribution >= 0.6 is 0 Å². The number of carbonyl (C=O) groups is 1. The van der Waals surface area contributed by atoms with Gasteiger partial charge in [0, 0.05) is 0 Å². The highest BCUT2D eigenvalue weighted by Gasteiger charge is 2.41. The Labute approximate surface area is 124 Å². The van der Waals surface area contributed by atoms with Crippen molar-refractivity contribution in [1.82, 2.24) is 0 Å². The van der Waals surface area contributed by atoms with E-state index in [1.807, 2.05) is 12.1 Å². The van der Waals surface area contributed by atoms with Crippen LogP contribution in [0.15, 0.2) is 18.2 Å². The molecule has 0 aromatic heterocycles. The molecule has 21 heavy (non-hydrogen) atoms. The van der Waals surface area contributed by atoms with Gasteiger partial charge in [0.15, 0.2) is 17.8 Å². The molecular weight excluding hydrogens is 266 g/mol. The SMILES string of the molecule is N#CCc1ccc(OCC=O)c(OC2CC3CCC2C3)c1. The second kappa shape index (κ2) is 6.17. The van der Waals surface area contributed by atoms with Gasteiger partial charge in [0.25, 0.3) is 0 Å². The number of ether oxygens (including phenoxy) is 2. The molecule has 0 heterocycles. The molecule has 4 nitrogen and oxygen atoms in total. The maximum absolute atomic E-state index is 10.5. The van der Waals surface area contributed by atoms with Crippen molar-refractivity contribution in [2.75, 3.05) is 6.61 Å². The molecule has 0 saturated heterocycles. The summed E-state index contributed by atoms with van der Waals surface area (Å²) in [5.74, 6) is 2.71. The van der Waals surface area contributed by atoms with E-state index in [0.717, 1.165) is 24.2 Å². The number of carbonyl (C=O) groups excluding carboxylic acids is 1. The minimum Gasteiger partial charge on any atom is -0.486 e. The number of hydrogen-bond donors (Lipinski definition) is 0. The van der Waals surface area contributed by atoms with E-state index < -0.39 is 0 Å². The largest absolute Gasteiger partial charge is 0.486 e. The van der Waals surface area contributed by atoms with Crippen LogP contribution in [-0.4, -0.2) is 19.0 Å². The van der Waals surface area contributed by atoms with E-state index >= 15 is 0 Å². The third kappa shape index (κ3) is 3.02. The second-order valence-corrected chi connectivity index (χ2v) is 5.92. The maximum Gasteiger partial charge on any atom is 0.161 e. The zero-order valence-corrected chi connectivity index (χ0v) is 12.0. The smallest absolute Gasteiger partial charge is 0.161 e. The van der Waals surface area contributed by atoms with E-state index in [-0.39, 0.29) is 12.7 Å². The fourth-order valence-corrected chi connectivity index (χ4v) is 3.58. The molecule has 2 fully saturated rings. The average molecular weight is 285 g/mol. The molecule has 4 heteroatoms. The Bertz CT molecular complexity index is 564. The number of aldehydes is 1. The van der Waals surface area contributed by atoms with E-state index in [9.17, 15) is 4.79 Å². The Kier molecular flexibility index (Phi) is 4.10. The topological polar surface area (TPSA) is 59.3 Å². The van der Waals surface area contributed by atoms with Crippen LogP contribution in [0.25, 0.3) is 0 Å². The van der Waals surface area contributed by atoms with Crippen molar-refractivity contribution in [3.63, 3.8) is 0 Å². The molecule has 110 valence electrons. The first-order chi connectivity index (χ1) is 10.3. The first-order valence-corrected chi connectivity index (χ1v) is 7.53. The summed E-state index contributed by atoms with van der Waals surface area (Å²) < 4.78 is 11.6. The number of nitrogens with zero attached hydrogens (tertiary/aromatic N) is 1. The minimum absolute atomic E-state index is 0.0185. The number of fused-ring (bicyclic) bond motifs is 2. The molecule has 0 spiro atoms. The highest BCUT2D eigenvalue weighted by Crippen LogP contribution is 2.46. The normalized spacial score (nSPS) is 26.3. The van der Waals surface area contributed by atoms with Crippen molar-refractivity contribution in [3.8, 4) is 17.6 Å². The van der Waals surface area contributed by atoms with Crippen molar-refractivity contribution < 1.29 is 14.3 Å². The molecule has 0 radical (unpaired) electrons. The summed E-state index contributed by atoms with van der Waals surface area (Å²) in [6.45, 7) is 0.0185. The third-order valence-corrected chi connectivity index (χ3v) is 4.55. The molecule has 0 N–H and O–H groups in total. The zero-order chi connectivity index (χ0) is 14.7. The van der Waals surface area contributed by atoms with Gasteiger partial charge in [0.2, 0.25) is 0 Å². The van der Waals surface area contributed by atoms with Crippen LogP contribution in [0.5, 0.6) is 11.5 Å². The van der Waals surface area contributed by atoms with Gasteiger partial charge in [-0.2, -0.15) is 5.26 Å². The lowest BCUT2D eigenvalue weighted by atomic mass is 9.97. The molecule has 2 aliphatic carbocycles. The van der Waals surface area contributed by atoms with Crippen LogP contribution in [0.1, 0.15) is 31.2 Å². The minimum atomic E-state index is 0.0185. The third-order valence-electron chi connectivity index (χ3n) is 4.55. The van der Waals surface area contributed by atoms with Crippen LogP contribution in [0.2, 0.25) is 0 Å². The Balaban J connectivity index is 1.78. The van der Waals surface area contributed by atoms with E-state index in [2.05, 4.69) is 6.07 Å². The van der Waals surface area contributed by atoms with Gasteiger partial charge in [-0.15, -0.1) is 0 Å². The van der Waals surface area contributed by atoms with Crippen LogP contribution < -0.4 is 9.47 Å². The summed E-state index contributed by atoms with van der Waals surface area (Å²) in [5, 5.41) is 8.82. The number of hydrogen-bond acceptors (Lipinski definition) is 4. The summed E-state index contributed by atoms with van der Waals surface area (Å²) in [4.78, 5) is 10.5. The molecule has 2 bridgehead atoms. The zero-order valence-electron chi connectivity index (χ0n) is 12.0. The van der Waals surface area contributed by atoms with Crippen molar-refractivity contribution in [2.45, 2.75) is 38.2 Å². The second-order valence-electron chi connectivity index (χ2n) is 5.92. The quantitative estimate of drug-likeness (QED) is 0.754. The first-order valence-electron chi connectivity index (χ1n) is 7.53. The summed E-state index contributed by atoms with van der Waals surface area (Å²) in [6.07, 6.45) is 6.28. The summed E-state index contributed by atoms with van der Waals surface area (Å²) >= 11 is 0. The molecular formula is C17H19NO3. The van der Waals surface area contributed by atoms with E-state index in [1.54, 1.807) is 6.07 Å². The van der Waals surface area contributed by atoms with Gasteiger partial charge < -0.3 is 9.47 Å². The van der Waals surface area contributed by atoms with E-state index in [1.165, 1.54) is 19.3 Å². The fourth-order valence-electron chi connectivity index (χ4n) is 3.58. The maximum atomic E-state index is 10.5. The lowest BCUT2D eigenvalue weighted by molar-refractivity contribution is -0.109. The molecule has 2 aliphatic rings. The summed E-state index contributed by atoms with van der Waals surface area (Å²) in [5.41, 5.74) is 0.911. The van der Waals surface area contributed by atoms with Crippen LogP contribution in [0.4, 0.5) is 0 Å². The first kappa shape index (κ1) is 13.9. The predicted molar refractivity (Wildman–Crippen MR) is 77.2 cm³/mol. The average Bonchev–Trinajstić information content (AvgIpc) is 3.09. The molecule has 3 unspecified atom stereocenters. The fraction of sp³-hybridized carbons (Fsp3) is 0.529.